The van der Waals surface area contributed by atoms with Crippen LogP contribution in [0.5, 0.6) is 5.75 Å². The van der Waals surface area contributed by atoms with Crippen molar-refractivity contribution in [3.63, 3.8) is 0 Å². The normalized spacial score (nSPS) is 14.7. The lowest BCUT2D eigenvalue weighted by atomic mass is 10.0. The molecule has 1 aliphatic carbocycles. The topological polar surface area (TPSA) is 73.2 Å². The highest BCUT2D eigenvalue weighted by Gasteiger charge is 2.34. The monoisotopic (exact) mass is 363 g/mol. The molecule has 0 bridgehead atoms. The Labute approximate surface area is 156 Å². The maximum atomic E-state index is 12.9. The smallest absolute Gasteiger partial charge is 0.282 e. The largest absolute Gasteiger partial charge is 0.497 e. The summed E-state index contributed by atoms with van der Waals surface area (Å²) in [6.45, 7) is 0. The first-order valence-electron chi connectivity index (χ1n) is 8.99. The number of para-hydroxylation sites is 2. The predicted octanol–water partition coefficient (Wildman–Crippen LogP) is 2.82. The summed E-state index contributed by atoms with van der Waals surface area (Å²) in [5, 5.41) is 3.03. The lowest BCUT2D eigenvalue weighted by Crippen LogP contribution is -2.36. The third-order valence-corrected chi connectivity index (χ3v) is 5.05. The van der Waals surface area contributed by atoms with Crippen LogP contribution in [-0.2, 0) is 7.05 Å². The summed E-state index contributed by atoms with van der Waals surface area (Å²) in [7, 11) is 3.28. The van der Waals surface area contributed by atoms with Gasteiger partial charge in [-0.1, -0.05) is 24.3 Å². The first-order valence-corrected chi connectivity index (χ1v) is 8.99. The maximum Gasteiger partial charge on any atom is 0.282 e. The van der Waals surface area contributed by atoms with Crippen molar-refractivity contribution in [2.75, 3.05) is 7.11 Å². The number of nitrogens with zero attached hydrogens (tertiary/aromatic N) is 2. The van der Waals surface area contributed by atoms with Gasteiger partial charge >= 0.3 is 0 Å². The van der Waals surface area contributed by atoms with Crippen molar-refractivity contribution in [1.82, 2.24) is 14.9 Å². The molecular formula is C21H21N3O3. The van der Waals surface area contributed by atoms with E-state index in [9.17, 15) is 9.59 Å². The van der Waals surface area contributed by atoms with Crippen LogP contribution in [0.3, 0.4) is 0 Å². The molecule has 6 nitrogen and oxygen atoms in total. The van der Waals surface area contributed by atoms with Crippen LogP contribution < -0.4 is 15.6 Å². The van der Waals surface area contributed by atoms with Gasteiger partial charge in [0, 0.05) is 7.05 Å². The zero-order valence-electron chi connectivity index (χ0n) is 15.3. The average molecular weight is 363 g/mol. The van der Waals surface area contributed by atoms with E-state index in [1.165, 1.54) is 4.57 Å². The molecule has 138 valence electrons. The molecule has 2 aromatic carbocycles. The molecule has 1 fully saturated rings. The molecular weight excluding hydrogens is 342 g/mol. The molecule has 0 aliphatic heterocycles. The highest BCUT2D eigenvalue weighted by molar-refractivity contribution is 5.94. The Balaban J connectivity index is 1.66. The number of methoxy groups -OCH3 is 1. The molecule has 1 N–H and O–H groups in total. The zero-order valence-corrected chi connectivity index (χ0v) is 15.3. The SMILES string of the molecule is COc1ccc([C@H](NC(=O)c2nc3ccccc3n(C)c2=O)C2CC2)cc1. The van der Waals surface area contributed by atoms with Crippen molar-refractivity contribution in [1.29, 1.82) is 0 Å². The number of hydrogen-bond acceptors (Lipinski definition) is 4. The Morgan fingerprint density at radius 3 is 2.56 bits per heavy atom. The Bertz CT molecular complexity index is 1050. The van der Waals surface area contributed by atoms with Crippen molar-refractivity contribution < 1.29 is 9.53 Å². The maximum absolute atomic E-state index is 12.9. The fraction of sp³-hybridized carbons (Fsp3) is 0.286. The zero-order chi connectivity index (χ0) is 19.0. The number of ether oxygens (including phenoxy) is 1. The molecule has 6 heteroatoms. The molecule has 1 amide bonds. The fourth-order valence-electron chi connectivity index (χ4n) is 3.35. The first-order chi connectivity index (χ1) is 13.1. The molecule has 1 atom stereocenters. The Kier molecular flexibility index (Phi) is 4.39. The van der Waals surface area contributed by atoms with Crippen molar-refractivity contribution >= 4 is 16.9 Å². The van der Waals surface area contributed by atoms with Crippen molar-refractivity contribution in [3.8, 4) is 5.75 Å². The third kappa shape index (κ3) is 3.30. The van der Waals surface area contributed by atoms with Gasteiger partial charge < -0.3 is 14.6 Å². The van der Waals surface area contributed by atoms with Crippen molar-refractivity contribution in [2.45, 2.75) is 18.9 Å². The fourth-order valence-corrected chi connectivity index (χ4v) is 3.35. The van der Waals surface area contributed by atoms with Crippen LogP contribution in [0.2, 0.25) is 0 Å². The second-order valence-electron chi connectivity index (χ2n) is 6.88. The minimum Gasteiger partial charge on any atom is -0.497 e. The van der Waals surface area contributed by atoms with Crippen LogP contribution >= 0.6 is 0 Å². The van der Waals surface area contributed by atoms with Gasteiger partial charge in [-0.25, -0.2) is 4.98 Å². The summed E-state index contributed by atoms with van der Waals surface area (Å²) >= 11 is 0. The van der Waals surface area contributed by atoms with E-state index < -0.39 is 11.5 Å². The van der Waals surface area contributed by atoms with E-state index in [-0.39, 0.29) is 11.7 Å². The van der Waals surface area contributed by atoms with Gasteiger partial charge in [0.1, 0.15) is 5.75 Å². The minimum atomic E-state index is -0.436. The number of aromatic nitrogens is 2. The van der Waals surface area contributed by atoms with E-state index in [1.54, 1.807) is 20.2 Å². The van der Waals surface area contributed by atoms with E-state index in [0.717, 1.165) is 24.2 Å². The number of carbonyl (C=O) groups is 1. The van der Waals surface area contributed by atoms with Gasteiger partial charge in [0.15, 0.2) is 5.69 Å². The van der Waals surface area contributed by atoms with E-state index in [4.69, 9.17) is 4.74 Å². The van der Waals surface area contributed by atoms with Crippen LogP contribution in [0.25, 0.3) is 11.0 Å². The summed E-state index contributed by atoms with van der Waals surface area (Å²) in [5.74, 6) is 0.713. The van der Waals surface area contributed by atoms with E-state index in [2.05, 4.69) is 10.3 Å². The van der Waals surface area contributed by atoms with Gasteiger partial charge in [-0.15, -0.1) is 0 Å². The van der Waals surface area contributed by atoms with Crippen LogP contribution in [0.15, 0.2) is 53.3 Å². The first kappa shape index (κ1) is 17.3. The van der Waals surface area contributed by atoms with Crippen LogP contribution in [0, 0.1) is 5.92 Å². The van der Waals surface area contributed by atoms with Crippen molar-refractivity contribution in [3.05, 3.63) is 70.1 Å². The molecule has 1 saturated carbocycles. The molecule has 0 unspecified atom stereocenters. The highest BCUT2D eigenvalue weighted by Crippen LogP contribution is 2.41. The molecule has 0 radical (unpaired) electrons. The van der Waals surface area contributed by atoms with Crippen LogP contribution in [-0.4, -0.2) is 22.6 Å². The minimum absolute atomic E-state index is 0.0737. The molecule has 4 rings (SSSR count). The molecule has 0 saturated heterocycles. The van der Waals surface area contributed by atoms with Gasteiger partial charge in [0.2, 0.25) is 0 Å². The van der Waals surface area contributed by atoms with E-state index in [1.807, 2.05) is 42.5 Å². The quantitative estimate of drug-likeness (QED) is 0.756. The second kappa shape index (κ2) is 6.87. The number of rotatable bonds is 5. The average Bonchev–Trinajstić information content (AvgIpc) is 3.54. The number of aryl methyl sites for hydroxylation is 1. The van der Waals surface area contributed by atoms with Crippen LogP contribution in [0.1, 0.15) is 34.9 Å². The third-order valence-electron chi connectivity index (χ3n) is 5.05. The summed E-state index contributed by atoms with van der Waals surface area (Å²) in [4.78, 5) is 29.8. The summed E-state index contributed by atoms with van der Waals surface area (Å²) < 4.78 is 6.67. The van der Waals surface area contributed by atoms with Gasteiger partial charge in [-0.05, 0) is 48.6 Å². The van der Waals surface area contributed by atoms with Gasteiger partial charge in [-0.2, -0.15) is 0 Å². The number of hydrogen-bond donors (Lipinski definition) is 1. The molecule has 1 aromatic heterocycles. The summed E-state index contributed by atoms with van der Waals surface area (Å²) in [6.07, 6.45) is 2.11. The predicted molar refractivity (Wildman–Crippen MR) is 103 cm³/mol. The molecule has 3 aromatic rings. The number of nitrogens with one attached hydrogen (secondary N) is 1. The van der Waals surface area contributed by atoms with E-state index >= 15 is 0 Å². The summed E-state index contributed by atoms with van der Waals surface area (Å²) in [5.41, 5.74) is 1.86. The van der Waals surface area contributed by atoms with E-state index in [0.29, 0.717) is 17.0 Å². The number of benzene rings is 2. The summed E-state index contributed by atoms with van der Waals surface area (Å²) in [6, 6.07) is 14.8. The second-order valence-corrected chi connectivity index (χ2v) is 6.88. The van der Waals surface area contributed by atoms with Crippen molar-refractivity contribution in [2.24, 2.45) is 13.0 Å². The lowest BCUT2D eigenvalue weighted by molar-refractivity contribution is 0.0924. The molecule has 1 aliphatic rings. The Morgan fingerprint density at radius 1 is 1.19 bits per heavy atom. The highest BCUT2D eigenvalue weighted by atomic mass is 16.5. The number of carbonyl (C=O) groups excluding carboxylic acids is 1. The number of fused-ring (bicyclic) bond motifs is 1. The lowest BCUT2D eigenvalue weighted by Gasteiger charge is -2.19. The number of amides is 1. The van der Waals surface area contributed by atoms with Gasteiger partial charge in [0.25, 0.3) is 11.5 Å². The Hall–Kier alpha value is -3.15. The molecule has 0 spiro atoms. The van der Waals surface area contributed by atoms with Gasteiger partial charge in [0.05, 0.1) is 24.2 Å². The van der Waals surface area contributed by atoms with Gasteiger partial charge in [-0.3, -0.25) is 9.59 Å². The standard InChI is InChI=1S/C21H21N3O3/c1-24-17-6-4-3-5-16(17)22-19(21(24)26)20(25)23-18(13-7-8-13)14-9-11-15(27-2)12-10-14/h3-6,9-13,18H,7-8H2,1-2H3,(H,23,25)/t18-/m1/s1. The molecule has 1 heterocycles. The molecule has 27 heavy (non-hydrogen) atoms. The van der Waals surface area contributed by atoms with Crippen LogP contribution in [0.4, 0.5) is 0 Å². The Morgan fingerprint density at radius 2 is 1.89 bits per heavy atom.